The van der Waals surface area contributed by atoms with E-state index in [1.807, 2.05) is 37.4 Å². The third-order valence-corrected chi connectivity index (χ3v) is 7.92. The lowest BCUT2D eigenvalue weighted by molar-refractivity contribution is 0.386. The minimum absolute atomic E-state index is 0.233. The molecule has 0 radical (unpaired) electrons. The summed E-state index contributed by atoms with van der Waals surface area (Å²) in [6.07, 6.45) is 7.09. The average molecular weight is 445 g/mol. The van der Waals surface area contributed by atoms with E-state index < -0.39 is 10.0 Å². The molecule has 1 aliphatic heterocycles. The Morgan fingerprint density at radius 3 is 2.42 bits per heavy atom. The van der Waals surface area contributed by atoms with Gasteiger partial charge in [-0.3, -0.25) is 0 Å². The fraction of sp³-hybridized carbons (Fsp3) is 0.583. The first-order chi connectivity index (χ1) is 15.0. The highest BCUT2D eigenvalue weighted by Gasteiger charge is 2.30. The van der Waals surface area contributed by atoms with E-state index in [0.717, 1.165) is 48.4 Å². The molecule has 0 N–H and O–H groups in total. The molecule has 0 aliphatic carbocycles. The molecule has 0 spiro atoms. The SMILES string of the molecule is CCCCCCCCS(=O)(=O)N1CCc2nc(-c3ccccc3)nc(N(C)CC)c2C1. The van der Waals surface area contributed by atoms with Gasteiger partial charge in [0.05, 0.1) is 11.4 Å². The van der Waals surface area contributed by atoms with E-state index >= 15 is 0 Å². The number of fused-ring (bicyclic) bond motifs is 1. The first kappa shape index (κ1) is 23.7. The van der Waals surface area contributed by atoms with Crippen LogP contribution in [0.25, 0.3) is 11.4 Å². The van der Waals surface area contributed by atoms with E-state index in [0.29, 0.717) is 25.3 Å². The molecule has 0 saturated heterocycles. The van der Waals surface area contributed by atoms with Gasteiger partial charge in [0.2, 0.25) is 10.0 Å². The van der Waals surface area contributed by atoms with E-state index in [9.17, 15) is 8.42 Å². The number of hydrogen-bond donors (Lipinski definition) is 0. The Morgan fingerprint density at radius 2 is 1.71 bits per heavy atom. The van der Waals surface area contributed by atoms with Crippen molar-refractivity contribution in [2.75, 3.05) is 30.8 Å². The van der Waals surface area contributed by atoms with Crippen molar-refractivity contribution >= 4 is 15.8 Å². The van der Waals surface area contributed by atoms with Gasteiger partial charge in [-0.2, -0.15) is 4.31 Å². The van der Waals surface area contributed by atoms with Crippen molar-refractivity contribution in [2.45, 2.75) is 65.3 Å². The fourth-order valence-electron chi connectivity index (χ4n) is 3.99. The molecule has 1 aromatic heterocycles. The van der Waals surface area contributed by atoms with Gasteiger partial charge in [-0.15, -0.1) is 0 Å². The number of sulfonamides is 1. The number of unbranched alkanes of at least 4 members (excludes halogenated alkanes) is 5. The highest BCUT2D eigenvalue weighted by molar-refractivity contribution is 7.89. The van der Waals surface area contributed by atoms with Crippen LogP contribution in [0.2, 0.25) is 0 Å². The average Bonchev–Trinajstić information content (AvgIpc) is 2.80. The third-order valence-electron chi connectivity index (χ3n) is 6.02. The van der Waals surface area contributed by atoms with Crippen molar-refractivity contribution in [3.63, 3.8) is 0 Å². The molecule has 0 amide bonds. The second kappa shape index (κ2) is 11.0. The van der Waals surface area contributed by atoms with Gasteiger partial charge in [-0.1, -0.05) is 69.4 Å². The van der Waals surface area contributed by atoms with E-state index in [4.69, 9.17) is 9.97 Å². The largest absolute Gasteiger partial charge is 0.360 e. The second-order valence-corrected chi connectivity index (χ2v) is 10.4. The van der Waals surface area contributed by atoms with Crippen molar-refractivity contribution < 1.29 is 8.42 Å². The third kappa shape index (κ3) is 6.04. The van der Waals surface area contributed by atoms with Crippen LogP contribution in [0.15, 0.2) is 30.3 Å². The quantitative estimate of drug-likeness (QED) is 0.472. The smallest absolute Gasteiger partial charge is 0.214 e. The second-order valence-electron chi connectivity index (χ2n) is 8.34. The van der Waals surface area contributed by atoms with Crippen LogP contribution >= 0.6 is 0 Å². The molecule has 0 atom stereocenters. The summed E-state index contributed by atoms with van der Waals surface area (Å²) in [5, 5.41) is 0. The molecule has 6 nitrogen and oxygen atoms in total. The van der Waals surface area contributed by atoms with Crippen LogP contribution in [0.1, 0.15) is 63.6 Å². The minimum atomic E-state index is -3.27. The van der Waals surface area contributed by atoms with Crippen LogP contribution in [0.3, 0.4) is 0 Å². The highest BCUT2D eigenvalue weighted by atomic mass is 32.2. The van der Waals surface area contributed by atoms with Gasteiger partial charge in [0.25, 0.3) is 0 Å². The zero-order valence-electron chi connectivity index (χ0n) is 19.2. The van der Waals surface area contributed by atoms with Crippen LogP contribution in [0, 0.1) is 0 Å². The van der Waals surface area contributed by atoms with Gasteiger partial charge in [0, 0.05) is 44.2 Å². The van der Waals surface area contributed by atoms with E-state index in [-0.39, 0.29) is 5.75 Å². The molecule has 1 aromatic carbocycles. The van der Waals surface area contributed by atoms with Crippen molar-refractivity contribution in [1.82, 2.24) is 14.3 Å². The Morgan fingerprint density at radius 1 is 1.00 bits per heavy atom. The number of anilines is 1. The maximum Gasteiger partial charge on any atom is 0.214 e. The van der Waals surface area contributed by atoms with Crippen LogP contribution in [0.4, 0.5) is 5.82 Å². The molecule has 7 heteroatoms. The summed E-state index contributed by atoms with van der Waals surface area (Å²) in [4.78, 5) is 11.7. The molecule has 2 heterocycles. The molecule has 31 heavy (non-hydrogen) atoms. The summed E-state index contributed by atoms with van der Waals surface area (Å²) in [5.74, 6) is 1.78. The van der Waals surface area contributed by atoms with E-state index in [1.165, 1.54) is 19.3 Å². The molecule has 0 saturated carbocycles. The summed E-state index contributed by atoms with van der Waals surface area (Å²) in [6, 6.07) is 9.97. The molecule has 0 fully saturated rings. The molecular weight excluding hydrogens is 408 g/mol. The normalized spacial score (nSPS) is 14.4. The Balaban J connectivity index is 1.78. The predicted molar refractivity (Wildman–Crippen MR) is 128 cm³/mol. The fourth-order valence-corrected chi connectivity index (χ4v) is 5.51. The van der Waals surface area contributed by atoms with Crippen molar-refractivity contribution in [2.24, 2.45) is 0 Å². The van der Waals surface area contributed by atoms with Crippen molar-refractivity contribution in [1.29, 1.82) is 0 Å². The Hall–Kier alpha value is -1.99. The molecule has 0 unspecified atom stereocenters. The Kier molecular flexibility index (Phi) is 8.43. The Labute approximate surface area is 187 Å². The molecular formula is C24H36N4O2S. The maximum atomic E-state index is 13.0. The zero-order chi connectivity index (χ0) is 22.3. The number of aromatic nitrogens is 2. The van der Waals surface area contributed by atoms with Crippen LogP contribution < -0.4 is 4.90 Å². The Bertz CT molecular complexity index is 948. The number of benzene rings is 1. The standard InChI is InChI=1S/C24H36N4O2S/c1-4-6-7-8-9-13-18-31(29,30)28-17-16-22-21(19-28)24(27(3)5-2)26-23(25-22)20-14-11-10-12-15-20/h10-12,14-15H,4-9,13,16-19H2,1-3H3. The number of nitrogens with zero attached hydrogens (tertiary/aromatic N) is 4. The molecule has 1 aliphatic rings. The summed E-state index contributed by atoms with van der Waals surface area (Å²) in [7, 11) is -1.27. The lowest BCUT2D eigenvalue weighted by atomic mass is 10.1. The molecule has 2 aromatic rings. The number of hydrogen-bond acceptors (Lipinski definition) is 5. The van der Waals surface area contributed by atoms with E-state index in [1.54, 1.807) is 4.31 Å². The van der Waals surface area contributed by atoms with Gasteiger partial charge in [0.15, 0.2) is 5.82 Å². The highest BCUT2D eigenvalue weighted by Crippen LogP contribution is 2.30. The lowest BCUT2D eigenvalue weighted by Crippen LogP contribution is -2.39. The van der Waals surface area contributed by atoms with Gasteiger partial charge >= 0.3 is 0 Å². The van der Waals surface area contributed by atoms with Crippen molar-refractivity contribution in [3.05, 3.63) is 41.6 Å². The van der Waals surface area contributed by atoms with Crippen molar-refractivity contribution in [3.8, 4) is 11.4 Å². The number of rotatable bonds is 11. The van der Waals surface area contributed by atoms with Gasteiger partial charge < -0.3 is 4.90 Å². The van der Waals surface area contributed by atoms with Crippen LogP contribution in [0.5, 0.6) is 0 Å². The minimum Gasteiger partial charge on any atom is -0.360 e. The molecule has 170 valence electrons. The molecule has 3 rings (SSSR count). The zero-order valence-corrected chi connectivity index (χ0v) is 20.0. The first-order valence-electron chi connectivity index (χ1n) is 11.6. The summed E-state index contributed by atoms with van der Waals surface area (Å²) < 4.78 is 27.6. The predicted octanol–water partition coefficient (Wildman–Crippen LogP) is 4.65. The summed E-state index contributed by atoms with van der Waals surface area (Å²) in [6.45, 7) is 5.91. The summed E-state index contributed by atoms with van der Waals surface area (Å²) in [5.41, 5.74) is 2.89. The van der Waals surface area contributed by atoms with E-state index in [2.05, 4.69) is 18.7 Å². The monoisotopic (exact) mass is 444 g/mol. The van der Waals surface area contributed by atoms with Gasteiger partial charge in [0.1, 0.15) is 5.82 Å². The topological polar surface area (TPSA) is 66.4 Å². The first-order valence-corrected chi connectivity index (χ1v) is 13.2. The van der Waals surface area contributed by atoms with Crippen LogP contribution in [-0.2, 0) is 23.0 Å². The van der Waals surface area contributed by atoms with Crippen LogP contribution in [-0.4, -0.2) is 48.6 Å². The molecule has 0 bridgehead atoms. The summed E-state index contributed by atoms with van der Waals surface area (Å²) >= 11 is 0. The van der Waals surface area contributed by atoms with Gasteiger partial charge in [-0.25, -0.2) is 18.4 Å². The maximum absolute atomic E-state index is 13.0. The lowest BCUT2D eigenvalue weighted by Gasteiger charge is -2.31. The van der Waals surface area contributed by atoms with Gasteiger partial charge in [-0.05, 0) is 13.3 Å².